The predicted octanol–water partition coefficient (Wildman–Crippen LogP) is 3.71. The Hall–Kier alpha value is -2.93. The summed E-state index contributed by atoms with van der Waals surface area (Å²) in [6.07, 6.45) is 1.26. The summed E-state index contributed by atoms with van der Waals surface area (Å²) in [6, 6.07) is 11.9. The Morgan fingerprint density at radius 3 is 2.50 bits per heavy atom. The van der Waals surface area contributed by atoms with E-state index in [2.05, 4.69) is 4.90 Å². The zero-order valence-electron chi connectivity index (χ0n) is 17.3. The fourth-order valence-electron chi connectivity index (χ4n) is 4.23. The Labute approximate surface area is 176 Å². The number of hydrogen-bond acceptors (Lipinski definition) is 6. The minimum atomic E-state index is -0.711. The Bertz CT molecular complexity index is 907. The number of methoxy groups -OCH3 is 1. The summed E-state index contributed by atoms with van der Waals surface area (Å²) in [5, 5.41) is 9.38. The van der Waals surface area contributed by atoms with Crippen LogP contribution in [-0.2, 0) is 4.79 Å². The molecule has 1 saturated heterocycles. The molecule has 0 aliphatic carbocycles. The van der Waals surface area contributed by atoms with Gasteiger partial charge in [0.05, 0.1) is 25.7 Å². The van der Waals surface area contributed by atoms with Crippen molar-refractivity contribution < 1.29 is 28.8 Å². The number of nitrogens with zero attached hydrogens (tertiary/aromatic N) is 1. The van der Waals surface area contributed by atoms with Crippen molar-refractivity contribution in [3.8, 4) is 23.0 Å². The average Bonchev–Trinajstić information content (AvgIpc) is 3.23. The lowest BCUT2D eigenvalue weighted by Crippen LogP contribution is -2.39. The number of carboxylic acids is 1. The van der Waals surface area contributed by atoms with Crippen LogP contribution in [0.15, 0.2) is 36.4 Å². The molecule has 1 N–H and O–H groups in total. The Morgan fingerprint density at radius 2 is 1.80 bits per heavy atom. The fourth-order valence-corrected chi connectivity index (χ4v) is 4.23. The van der Waals surface area contributed by atoms with E-state index >= 15 is 0 Å². The second-order valence-electron chi connectivity index (χ2n) is 7.51. The van der Waals surface area contributed by atoms with Crippen molar-refractivity contribution in [3.63, 3.8) is 0 Å². The van der Waals surface area contributed by atoms with Gasteiger partial charge < -0.3 is 24.1 Å². The first-order valence-corrected chi connectivity index (χ1v) is 10.3. The highest BCUT2D eigenvalue weighted by Crippen LogP contribution is 2.41. The van der Waals surface area contributed by atoms with Crippen LogP contribution < -0.4 is 18.9 Å². The van der Waals surface area contributed by atoms with Gasteiger partial charge in [-0.15, -0.1) is 0 Å². The Morgan fingerprint density at radius 1 is 1.10 bits per heavy atom. The van der Waals surface area contributed by atoms with Crippen LogP contribution in [0.5, 0.6) is 23.0 Å². The van der Waals surface area contributed by atoms with Crippen molar-refractivity contribution in [1.82, 2.24) is 4.90 Å². The van der Waals surface area contributed by atoms with Crippen molar-refractivity contribution in [3.05, 3.63) is 47.5 Å². The zero-order valence-corrected chi connectivity index (χ0v) is 17.3. The van der Waals surface area contributed by atoms with Crippen LogP contribution in [0.25, 0.3) is 0 Å². The third-order valence-electron chi connectivity index (χ3n) is 5.76. The molecule has 0 spiro atoms. The molecule has 1 fully saturated rings. The summed E-state index contributed by atoms with van der Waals surface area (Å²) in [4.78, 5) is 13.7. The SMILES string of the molecule is CCOc1cc(C(c2ccc3c(c2)OCO3)N2CCC(C(=O)O)CC2)ccc1OC. The van der Waals surface area contributed by atoms with Crippen LogP contribution >= 0.6 is 0 Å². The molecule has 4 rings (SSSR count). The highest BCUT2D eigenvalue weighted by atomic mass is 16.7. The maximum atomic E-state index is 11.4. The van der Waals surface area contributed by atoms with Gasteiger partial charge in [0.15, 0.2) is 23.0 Å². The van der Waals surface area contributed by atoms with Crippen LogP contribution in [-0.4, -0.2) is 49.6 Å². The van der Waals surface area contributed by atoms with Crippen molar-refractivity contribution in [1.29, 1.82) is 0 Å². The lowest BCUT2D eigenvalue weighted by atomic mass is 9.91. The monoisotopic (exact) mass is 413 g/mol. The van der Waals surface area contributed by atoms with E-state index in [0.29, 0.717) is 44.0 Å². The molecule has 2 aliphatic heterocycles. The quantitative estimate of drug-likeness (QED) is 0.741. The molecule has 1 unspecified atom stereocenters. The minimum absolute atomic E-state index is 0.0562. The first kappa shape index (κ1) is 20.3. The molecule has 0 saturated carbocycles. The number of likely N-dealkylation sites (tertiary alicyclic amines) is 1. The molecular weight excluding hydrogens is 386 g/mol. The summed E-state index contributed by atoms with van der Waals surface area (Å²) in [6.45, 7) is 4.11. The van der Waals surface area contributed by atoms with Crippen molar-refractivity contribution in [2.24, 2.45) is 5.92 Å². The molecule has 160 valence electrons. The first-order chi connectivity index (χ1) is 14.6. The van der Waals surface area contributed by atoms with Gasteiger partial charge in [0.2, 0.25) is 6.79 Å². The van der Waals surface area contributed by atoms with Crippen molar-refractivity contribution >= 4 is 5.97 Å². The van der Waals surface area contributed by atoms with E-state index in [9.17, 15) is 9.90 Å². The number of piperidine rings is 1. The predicted molar refractivity (Wildman–Crippen MR) is 111 cm³/mol. The molecule has 0 amide bonds. The largest absolute Gasteiger partial charge is 0.493 e. The van der Waals surface area contributed by atoms with Crippen LogP contribution in [0.3, 0.4) is 0 Å². The summed E-state index contributed by atoms with van der Waals surface area (Å²) < 4.78 is 22.3. The molecule has 30 heavy (non-hydrogen) atoms. The number of hydrogen-bond donors (Lipinski definition) is 1. The van der Waals surface area contributed by atoms with Gasteiger partial charge in [-0.05, 0) is 68.2 Å². The second-order valence-corrected chi connectivity index (χ2v) is 7.51. The third-order valence-corrected chi connectivity index (χ3v) is 5.76. The highest BCUT2D eigenvalue weighted by Gasteiger charge is 2.31. The molecule has 0 aromatic heterocycles. The lowest BCUT2D eigenvalue weighted by Gasteiger charge is -2.37. The highest BCUT2D eigenvalue weighted by molar-refractivity contribution is 5.70. The summed E-state index contributed by atoms with van der Waals surface area (Å²) in [7, 11) is 1.63. The van der Waals surface area contributed by atoms with Crippen LogP contribution in [0.2, 0.25) is 0 Å². The fraction of sp³-hybridized carbons (Fsp3) is 0.435. The van der Waals surface area contributed by atoms with E-state index in [1.165, 1.54) is 0 Å². The van der Waals surface area contributed by atoms with Gasteiger partial charge in [0, 0.05) is 0 Å². The van der Waals surface area contributed by atoms with Gasteiger partial charge in [-0.3, -0.25) is 9.69 Å². The summed E-state index contributed by atoms with van der Waals surface area (Å²) in [5.74, 6) is 1.87. The topological polar surface area (TPSA) is 77.5 Å². The van der Waals surface area contributed by atoms with Gasteiger partial charge in [0.1, 0.15) is 0 Å². The smallest absolute Gasteiger partial charge is 0.306 e. The van der Waals surface area contributed by atoms with E-state index in [1.807, 2.05) is 43.3 Å². The standard InChI is InChI=1S/C23H27NO6/c1-3-28-20-12-16(4-6-18(20)27-2)22(24-10-8-15(9-11-24)23(25)26)17-5-7-19-21(13-17)30-14-29-19/h4-7,12-13,15,22H,3,8-11,14H2,1-2H3,(H,25,26). The molecule has 7 nitrogen and oxygen atoms in total. The van der Waals surface area contributed by atoms with Crippen molar-refractivity contribution in [2.45, 2.75) is 25.8 Å². The molecule has 0 bridgehead atoms. The summed E-state index contributed by atoms with van der Waals surface area (Å²) >= 11 is 0. The number of fused-ring (bicyclic) bond motifs is 1. The van der Waals surface area contributed by atoms with Gasteiger partial charge >= 0.3 is 5.97 Å². The third kappa shape index (κ3) is 4.03. The van der Waals surface area contributed by atoms with E-state index in [0.717, 1.165) is 22.6 Å². The number of aliphatic carboxylic acids is 1. The Balaban J connectivity index is 1.71. The molecule has 1 atom stereocenters. The maximum Gasteiger partial charge on any atom is 0.306 e. The van der Waals surface area contributed by atoms with Crippen LogP contribution in [0.4, 0.5) is 0 Å². The summed E-state index contributed by atoms with van der Waals surface area (Å²) in [5.41, 5.74) is 2.13. The van der Waals surface area contributed by atoms with Gasteiger partial charge in [-0.1, -0.05) is 12.1 Å². The van der Waals surface area contributed by atoms with Gasteiger partial charge in [-0.2, -0.15) is 0 Å². The molecule has 2 aromatic carbocycles. The van der Waals surface area contributed by atoms with Crippen LogP contribution in [0.1, 0.15) is 36.9 Å². The molecule has 2 heterocycles. The average molecular weight is 413 g/mol. The van der Waals surface area contributed by atoms with Gasteiger partial charge in [0.25, 0.3) is 0 Å². The normalized spacial score (nSPS) is 17.5. The molecule has 7 heteroatoms. The maximum absolute atomic E-state index is 11.4. The molecule has 2 aromatic rings. The Kier molecular flexibility index (Phi) is 5.99. The molecule has 2 aliphatic rings. The van der Waals surface area contributed by atoms with Crippen LogP contribution in [0, 0.1) is 5.92 Å². The lowest BCUT2D eigenvalue weighted by molar-refractivity contribution is -0.143. The van der Waals surface area contributed by atoms with E-state index in [4.69, 9.17) is 18.9 Å². The van der Waals surface area contributed by atoms with Gasteiger partial charge in [-0.25, -0.2) is 0 Å². The van der Waals surface area contributed by atoms with E-state index < -0.39 is 5.97 Å². The molecular formula is C23H27NO6. The number of carboxylic acid groups (broad SMARTS) is 1. The minimum Gasteiger partial charge on any atom is -0.493 e. The van der Waals surface area contributed by atoms with Crippen molar-refractivity contribution in [2.75, 3.05) is 33.6 Å². The molecule has 0 radical (unpaired) electrons. The van der Waals surface area contributed by atoms with E-state index in [-0.39, 0.29) is 18.8 Å². The number of carbonyl (C=O) groups is 1. The second kappa shape index (κ2) is 8.83. The number of rotatable bonds is 7. The zero-order chi connectivity index (χ0) is 21.1. The van der Waals surface area contributed by atoms with E-state index in [1.54, 1.807) is 7.11 Å². The first-order valence-electron chi connectivity index (χ1n) is 10.3. The number of ether oxygens (including phenoxy) is 4. The number of benzene rings is 2.